The van der Waals surface area contributed by atoms with Gasteiger partial charge in [0, 0.05) is 11.1 Å². The van der Waals surface area contributed by atoms with E-state index < -0.39 is 0 Å². The Morgan fingerprint density at radius 3 is 2.76 bits per heavy atom. The monoisotopic (exact) mass is 317 g/mol. The molecule has 1 aliphatic carbocycles. The van der Waals surface area contributed by atoms with Gasteiger partial charge in [0.25, 0.3) is 0 Å². The summed E-state index contributed by atoms with van der Waals surface area (Å²) in [7, 11) is 1.68. The van der Waals surface area contributed by atoms with E-state index in [-0.39, 0.29) is 0 Å². The molecule has 4 heteroatoms. The number of rotatable bonds is 3. The Kier molecular flexibility index (Phi) is 4.21. The smallest absolute Gasteiger partial charge is 0.156 e. The van der Waals surface area contributed by atoms with Crippen molar-refractivity contribution in [3.63, 3.8) is 0 Å². The molecule has 1 aromatic carbocycles. The minimum Gasteiger partial charge on any atom is -0.493 e. The summed E-state index contributed by atoms with van der Waals surface area (Å²) in [6.45, 7) is 2.29. The predicted molar refractivity (Wildman–Crippen MR) is 76.1 cm³/mol. The summed E-state index contributed by atoms with van der Waals surface area (Å²) in [4.78, 5) is 0. The van der Waals surface area contributed by atoms with E-state index in [0.717, 1.165) is 15.9 Å². The summed E-state index contributed by atoms with van der Waals surface area (Å²) in [6.07, 6.45) is 3.80. The number of hydrogen-bond donors (Lipinski definition) is 1. The highest BCUT2D eigenvalue weighted by Crippen LogP contribution is 2.38. The molecular weight excluding hydrogens is 302 g/mol. The SMILES string of the molecule is COc1c(Br)cc(Cl)cc1NC1CCCC1C. The molecule has 0 heterocycles. The van der Waals surface area contributed by atoms with Crippen LogP contribution in [0.4, 0.5) is 5.69 Å². The van der Waals surface area contributed by atoms with E-state index in [4.69, 9.17) is 16.3 Å². The molecule has 1 N–H and O–H groups in total. The molecule has 1 aromatic rings. The Morgan fingerprint density at radius 2 is 2.18 bits per heavy atom. The van der Waals surface area contributed by atoms with Crippen molar-refractivity contribution >= 4 is 33.2 Å². The van der Waals surface area contributed by atoms with Crippen LogP contribution in [-0.4, -0.2) is 13.2 Å². The number of hydrogen-bond acceptors (Lipinski definition) is 2. The molecule has 0 bridgehead atoms. The molecule has 2 unspecified atom stereocenters. The quantitative estimate of drug-likeness (QED) is 0.871. The lowest BCUT2D eigenvalue weighted by Gasteiger charge is -2.21. The van der Waals surface area contributed by atoms with Crippen molar-refractivity contribution in [2.24, 2.45) is 5.92 Å². The third-order valence-electron chi connectivity index (χ3n) is 3.41. The van der Waals surface area contributed by atoms with Crippen LogP contribution in [-0.2, 0) is 0 Å². The lowest BCUT2D eigenvalue weighted by Crippen LogP contribution is -2.22. The van der Waals surface area contributed by atoms with Crippen LogP contribution in [0.25, 0.3) is 0 Å². The lowest BCUT2D eigenvalue weighted by molar-refractivity contribution is 0.412. The summed E-state index contributed by atoms with van der Waals surface area (Å²) in [5, 5.41) is 4.27. The summed E-state index contributed by atoms with van der Waals surface area (Å²) in [6, 6.07) is 4.30. The number of ether oxygens (including phenoxy) is 1. The zero-order valence-electron chi connectivity index (χ0n) is 10.1. The lowest BCUT2D eigenvalue weighted by atomic mass is 10.1. The molecule has 2 rings (SSSR count). The van der Waals surface area contributed by atoms with E-state index in [1.54, 1.807) is 7.11 Å². The summed E-state index contributed by atoms with van der Waals surface area (Å²) < 4.78 is 6.30. The number of benzene rings is 1. The van der Waals surface area contributed by atoms with E-state index in [0.29, 0.717) is 17.0 Å². The maximum absolute atomic E-state index is 6.08. The summed E-state index contributed by atoms with van der Waals surface area (Å²) >= 11 is 9.55. The zero-order chi connectivity index (χ0) is 12.4. The summed E-state index contributed by atoms with van der Waals surface area (Å²) in [5.74, 6) is 1.53. The number of anilines is 1. The van der Waals surface area contributed by atoms with Gasteiger partial charge in [0.05, 0.1) is 17.3 Å². The Hall–Kier alpha value is -0.410. The molecule has 0 aliphatic heterocycles. The zero-order valence-corrected chi connectivity index (χ0v) is 12.4. The molecule has 2 atom stereocenters. The number of nitrogens with one attached hydrogen (secondary N) is 1. The van der Waals surface area contributed by atoms with Gasteiger partial charge in [0.2, 0.25) is 0 Å². The average molecular weight is 319 g/mol. The standard InChI is InChI=1S/C13H17BrClNO/c1-8-4-3-5-11(8)16-12-7-9(15)6-10(14)13(12)17-2/h6-8,11,16H,3-5H2,1-2H3. The minimum absolute atomic E-state index is 0.522. The maximum Gasteiger partial charge on any atom is 0.156 e. The van der Waals surface area contributed by atoms with Gasteiger partial charge in [0.1, 0.15) is 0 Å². The Bertz CT molecular complexity index is 411. The van der Waals surface area contributed by atoms with Crippen molar-refractivity contribution in [1.29, 1.82) is 0 Å². The minimum atomic E-state index is 0.522. The van der Waals surface area contributed by atoms with Crippen molar-refractivity contribution in [3.8, 4) is 5.75 Å². The predicted octanol–water partition coefficient (Wildman–Crippen LogP) is 4.71. The van der Waals surface area contributed by atoms with Crippen molar-refractivity contribution in [2.45, 2.75) is 32.2 Å². The van der Waals surface area contributed by atoms with Gasteiger partial charge in [-0.1, -0.05) is 24.9 Å². The van der Waals surface area contributed by atoms with Crippen LogP contribution in [0.15, 0.2) is 16.6 Å². The van der Waals surface area contributed by atoms with Gasteiger partial charge in [-0.2, -0.15) is 0 Å². The first-order valence-electron chi connectivity index (χ1n) is 5.91. The third kappa shape index (κ3) is 2.89. The molecule has 2 nitrogen and oxygen atoms in total. The van der Waals surface area contributed by atoms with Crippen LogP contribution in [0.2, 0.25) is 5.02 Å². The van der Waals surface area contributed by atoms with Crippen LogP contribution in [0.1, 0.15) is 26.2 Å². The maximum atomic E-state index is 6.08. The first kappa shape index (κ1) is 13.0. The first-order chi connectivity index (χ1) is 8.11. The van der Waals surface area contributed by atoms with Crippen LogP contribution in [0, 0.1) is 5.92 Å². The fourth-order valence-corrected chi connectivity index (χ4v) is 3.41. The first-order valence-corrected chi connectivity index (χ1v) is 7.08. The molecule has 0 spiro atoms. The topological polar surface area (TPSA) is 21.3 Å². The van der Waals surface area contributed by atoms with Gasteiger partial charge >= 0.3 is 0 Å². The molecule has 0 radical (unpaired) electrons. The van der Waals surface area contributed by atoms with Gasteiger partial charge in [-0.15, -0.1) is 0 Å². The van der Waals surface area contributed by atoms with Gasteiger partial charge in [0.15, 0.2) is 5.75 Å². The fourth-order valence-electron chi connectivity index (χ4n) is 2.43. The second kappa shape index (κ2) is 5.49. The van der Waals surface area contributed by atoms with E-state index in [9.17, 15) is 0 Å². The normalized spacial score (nSPS) is 23.8. The highest BCUT2D eigenvalue weighted by Gasteiger charge is 2.24. The second-order valence-electron chi connectivity index (χ2n) is 4.63. The largest absolute Gasteiger partial charge is 0.493 e. The molecule has 1 saturated carbocycles. The van der Waals surface area contributed by atoms with Gasteiger partial charge in [-0.3, -0.25) is 0 Å². The number of halogens is 2. The van der Waals surface area contributed by atoms with E-state index in [2.05, 4.69) is 28.2 Å². The van der Waals surface area contributed by atoms with Crippen LogP contribution in [0.5, 0.6) is 5.75 Å². The van der Waals surface area contributed by atoms with Crippen molar-refractivity contribution < 1.29 is 4.74 Å². The highest BCUT2D eigenvalue weighted by atomic mass is 79.9. The van der Waals surface area contributed by atoms with E-state index in [1.807, 2.05) is 12.1 Å². The molecule has 1 fully saturated rings. The molecule has 1 aliphatic rings. The average Bonchev–Trinajstić information content (AvgIpc) is 2.64. The molecule has 0 aromatic heterocycles. The molecule has 94 valence electrons. The fraction of sp³-hybridized carbons (Fsp3) is 0.538. The van der Waals surface area contributed by atoms with Crippen LogP contribution >= 0.6 is 27.5 Å². The van der Waals surface area contributed by atoms with Crippen molar-refractivity contribution in [2.75, 3.05) is 12.4 Å². The van der Waals surface area contributed by atoms with Crippen molar-refractivity contribution in [3.05, 3.63) is 21.6 Å². The Balaban J connectivity index is 2.24. The Labute approximate surface area is 116 Å². The third-order valence-corrected chi connectivity index (χ3v) is 4.22. The van der Waals surface area contributed by atoms with Gasteiger partial charge in [-0.05, 0) is 46.8 Å². The Morgan fingerprint density at radius 1 is 1.41 bits per heavy atom. The molecule has 17 heavy (non-hydrogen) atoms. The van der Waals surface area contributed by atoms with Crippen LogP contribution in [0.3, 0.4) is 0 Å². The highest BCUT2D eigenvalue weighted by molar-refractivity contribution is 9.10. The van der Waals surface area contributed by atoms with Crippen LogP contribution < -0.4 is 10.1 Å². The molecule has 0 saturated heterocycles. The molecular formula is C13H17BrClNO. The van der Waals surface area contributed by atoms with E-state index >= 15 is 0 Å². The molecule has 0 amide bonds. The summed E-state index contributed by atoms with van der Waals surface area (Å²) in [5.41, 5.74) is 0.977. The van der Waals surface area contributed by atoms with Gasteiger partial charge < -0.3 is 10.1 Å². The number of methoxy groups -OCH3 is 1. The second-order valence-corrected chi connectivity index (χ2v) is 5.92. The van der Waals surface area contributed by atoms with Gasteiger partial charge in [-0.25, -0.2) is 0 Å². The van der Waals surface area contributed by atoms with Crippen molar-refractivity contribution in [1.82, 2.24) is 0 Å². The van der Waals surface area contributed by atoms with E-state index in [1.165, 1.54) is 19.3 Å².